The Hall–Kier alpha value is -8.50. The van der Waals surface area contributed by atoms with Crippen LogP contribution in [0.1, 0.15) is 235 Å². The molecule has 0 aromatic heterocycles. The van der Waals surface area contributed by atoms with Gasteiger partial charge in [0.1, 0.15) is 36.4 Å². The molecule has 6 saturated heterocycles. The smallest absolute Gasteiger partial charge is 0.335 e. The molecule has 143 heavy (non-hydrogen) atoms. The SMILES string of the molecule is C.C[C@H](O)[C@@H]1[C@H](CO)ON(Cc2cccc(-c3ccc(C(=O)NCCN4CCCCC4)cc3)c2)[C@@H]1C(=O)NC1C[C@H]2C[C@@H]([C@@H]1C)C2(C)C.C[C@H](O)[C@@H]1[C@H](CO)ON(Cc2cccc(-c3ccc(C(=O)NCCN4CCCCC4)cc3)c2)[C@@H]1C(=O)NC1C[C@H]2C[C@@H]([C@@H]1C)C2(C)C.C[C@H](O)[C@@H]1[C@H](CO)ON(Cc2cccc(-c3ccc(C(=O)O)cc3)c2)[C@@H]1C(=O)NC1C[C@H]2C[C@@H]([C@@H]1C)C2(C)C.NCCN1CCCCC1. The van der Waals surface area contributed by atoms with E-state index in [2.05, 4.69) is 116 Å². The van der Waals surface area contributed by atoms with E-state index in [1.165, 1.54) is 90.1 Å². The van der Waals surface area contributed by atoms with Gasteiger partial charge in [0.15, 0.2) is 0 Å². The minimum Gasteiger partial charge on any atom is -0.478 e. The van der Waals surface area contributed by atoms with Gasteiger partial charge in [0.05, 0.1) is 63.3 Å². The number of fused-ring (bicyclic) bond motifs is 6. The first-order valence-corrected chi connectivity index (χ1v) is 53.4. The second-order valence-electron chi connectivity index (χ2n) is 45.4. The maximum atomic E-state index is 14.0. The van der Waals surface area contributed by atoms with Crippen molar-refractivity contribution in [3.63, 3.8) is 0 Å². The largest absolute Gasteiger partial charge is 0.478 e. The number of piperidine rings is 3. The molecule has 6 bridgehead atoms. The number of carbonyl (C=O) groups is 6. The van der Waals surface area contributed by atoms with Crippen LogP contribution in [-0.2, 0) is 48.5 Å². The Morgan fingerprint density at radius 3 is 0.902 bits per heavy atom. The van der Waals surface area contributed by atoms with Crippen molar-refractivity contribution in [2.24, 2.45) is 93.0 Å². The van der Waals surface area contributed by atoms with Gasteiger partial charge in [-0.15, -0.1) is 0 Å². The third kappa shape index (κ3) is 25.6. The Labute approximate surface area is 849 Å². The van der Waals surface area contributed by atoms with Crippen molar-refractivity contribution in [1.82, 2.24) is 56.5 Å². The number of carboxylic acids is 1. The highest BCUT2D eigenvalue weighted by molar-refractivity contribution is 5.95. The maximum absolute atomic E-state index is 14.0. The summed E-state index contributed by atoms with van der Waals surface area (Å²) in [5, 5.41) is 92.8. The number of nitrogens with one attached hydrogen (secondary N) is 5. The molecule has 5 amide bonds. The Kier molecular flexibility index (Phi) is 37.8. The van der Waals surface area contributed by atoms with Gasteiger partial charge in [-0.3, -0.25) is 38.5 Å². The molecule has 21 rings (SSSR count). The molecular formula is C115H168N12O16. The van der Waals surface area contributed by atoms with Gasteiger partial charge in [0.25, 0.3) is 11.8 Å². The molecule has 9 saturated carbocycles. The second-order valence-corrected chi connectivity index (χ2v) is 45.4. The van der Waals surface area contributed by atoms with Crippen LogP contribution in [0.2, 0.25) is 0 Å². The van der Waals surface area contributed by atoms with Gasteiger partial charge in [-0.05, 0) is 311 Å². The molecular weight excluding hydrogens is 1810 g/mol. The maximum Gasteiger partial charge on any atom is 0.335 e. The van der Waals surface area contributed by atoms with Crippen LogP contribution in [0.15, 0.2) is 146 Å². The number of hydrogen-bond donors (Lipinski definition) is 13. The summed E-state index contributed by atoms with van der Waals surface area (Å²) < 4.78 is 0. The first kappa shape index (κ1) is 110. The third-order valence-electron chi connectivity index (χ3n) is 35.6. The van der Waals surface area contributed by atoms with Crippen molar-refractivity contribution in [2.45, 2.75) is 279 Å². The van der Waals surface area contributed by atoms with Crippen molar-refractivity contribution in [3.05, 3.63) is 179 Å². The zero-order chi connectivity index (χ0) is 101. The lowest BCUT2D eigenvalue weighted by molar-refractivity contribution is -0.183. The molecule has 6 aromatic rings. The third-order valence-corrected chi connectivity index (χ3v) is 35.6. The van der Waals surface area contributed by atoms with Crippen LogP contribution < -0.4 is 32.3 Å². The Morgan fingerprint density at radius 1 is 0.385 bits per heavy atom. The lowest BCUT2D eigenvalue weighted by atomic mass is 9.45. The number of rotatable bonds is 32. The number of nitrogens with zero attached hydrogens (tertiary/aromatic N) is 6. The quantitative estimate of drug-likeness (QED) is 0.0187. The number of aliphatic hydroxyl groups is 6. The number of amides is 5. The second kappa shape index (κ2) is 49.1. The molecule has 15 aliphatic rings. The van der Waals surface area contributed by atoms with E-state index in [0.717, 1.165) is 122 Å². The Bertz CT molecular complexity index is 4950. The molecule has 784 valence electrons. The van der Waals surface area contributed by atoms with Crippen LogP contribution in [0, 0.1) is 87.3 Å². The van der Waals surface area contributed by atoms with E-state index in [1.54, 1.807) is 60.2 Å². The van der Waals surface area contributed by atoms with E-state index in [-0.39, 0.29) is 87.0 Å². The van der Waals surface area contributed by atoms with E-state index in [4.69, 9.17) is 20.2 Å². The van der Waals surface area contributed by atoms with Gasteiger partial charge in [0.2, 0.25) is 17.7 Å². The summed E-state index contributed by atoms with van der Waals surface area (Å²) in [5.41, 5.74) is 16.4. The summed E-state index contributed by atoms with van der Waals surface area (Å²) in [6, 6.07) is 43.9. The van der Waals surface area contributed by atoms with Gasteiger partial charge < -0.3 is 82.8 Å². The molecule has 6 aromatic carbocycles. The molecule has 0 spiro atoms. The topological polar surface area (TPSA) is 377 Å². The average Bonchev–Trinajstić information content (AvgIpc) is 1.69. The number of carbonyl (C=O) groups excluding carboxylic acids is 5. The minimum absolute atomic E-state index is 0. The zero-order valence-electron chi connectivity index (χ0n) is 86.1. The molecule has 28 heteroatoms. The summed E-state index contributed by atoms with van der Waals surface area (Å²) in [4.78, 5) is 104. The first-order chi connectivity index (χ1) is 68.1. The van der Waals surface area contributed by atoms with E-state index in [1.807, 2.05) is 109 Å². The fourth-order valence-electron chi connectivity index (χ4n) is 26.6. The van der Waals surface area contributed by atoms with Gasteiger partial charge in [0, 0.05) is 86.3 Å². The van der Waals surface area contributed by atoms with Crippen molar-refractivity contribution in [2.75, 3.05) is 98.4 Å². The Balaban J connectivity index is 0.000000163. The molecule has 3 unspecified atom stereocenters. The predicted molar refractivity (Wildman–Crippen MR) is 557 cm³/mol. The van der Waals surface area contributed by atoms with E-state index in [0.29, 0.717) is 107 Å². The number of carboxylic acid groups (broad SMARTS) is 1. The van der Waals surface area contributed by atoms with Crippen LogP contribution in [0.25, 0.3) is 33.4 Å². The van der Waals surface area contributed by atoms with Crippen molar-refractivity contribution in [3.8, 4) is 33.4 Å². The number of likely N-dealkylation sites (tertiary alicyclic amines) is 3. The lowest BCUT2D eigenvalue weighted by Gasteiger charge is -2.62. The fourth-order valence-corrected chi connectivity index (χ4v) is 26.6. The standard InChI is InChI=1S/2C38H54N4O5.C31H40N2O6.C7H16N2.CH4/c2*1-24-31-20-30(38(31,3)4)21-32(24)40-37(46)35-34(25(2)44)33(23-43)47-42(35)22-26-9-8-10-29(19-26)27-11-13-28(14-12-27)36(45)39-15-18-41-16-6-5-7-17-41;1-17-24-13-23(31(24,3)4)14-25(17)32-29(36)28-27(18(2)35)26(16-34)39-33(28)15-19-6-5-7-22(12-19)20-8-10-21(11-9-20)30(37)38;8-4-7-9-5-2-1-3-6-9;/h2*8-14,19,24-25,30-35,43-44H,5-7,15-18,20-23H2,1-4H3,(H,39,45)(H,40,46);5-12,17-18,23-28,34-35H,13-16H2,1-4H3,(H,32,36)(H,37,38);1-8H2;1H4/t2*24-,25-,30+,31-,32?,33-,34+,35-;17-,18-,23+,24-,25?,26-,27+,28-;;/m000../s1. The molecule has 14 N–H and O–H groups in total. The molecule has 9 aliphatic carbocycles. The fraction of sp³-hybridized carbons (Fsp3) is 0.635. The van der Waals surface area contributed by atoms with Crippen molar-refractivity contribution in [1.29, 1.82) is 0 Å². The highest BCUT2D eigenvalue weighted by atomic mass is 16.7. The number of nitrogens with two attached hydrogens (primary N) is 1. The molecule has 28 nitrogen and oxygen atoms in total. The molecule has 15 fully saturated rings. The summed E-state index contributed by atoms with van der Waals surface area (Å²) >= 11 is 0. The number of aromatic carboxylic acids is 1. The van der Waals surface area contributed by atoms with Crippen molar-refractivity contribution < 1.29 is 79.0 Å². The van der Waals surface area contributed by atoms with Crippen molar-refractivity contribution >= 4 is 35.5 Å². The van der Waals surface area contributed by atoms with Crippen LogP contribution >= 0.6 is 0 Å². The average molecular weight is 1970 g/mol. The Morgan fingerprint density at radius 2 is 0.657 bits per heavy atom. The highest BCUT2D eigenvalue weighted by Crippen LogP contribution is 2.64. The van der Waals surface area contributed by atoms with Crippen LogP contribution in [0.5, 0.6) is 0 Å². The van der Waals surface area contributed by atoms with E-state index < -0.39 is 78.5 Å². The van der Waals surface area contributed by atoms with Gasteiger partial charge >= 0.3 is 5.97 Å². The first-order valence-electron chi connectivity index (χ1n) is 53.4. The van der Waals surface area contributed by atoms with Gasteiger partial charge in [-0.2, -0.15) is 15.2 Å². The van der Waals surface area contributed by atoms with Gasteiger partial charge in [-0.1, -0.05) is 180 Å². The minimum atomic E-state index is -0.972. The highest BCUT2D eigenvalue weighted by Gasteiger charge is 2.61. The van der Waals surface area contributed by atoms with Crippen LogP contribution in [-0.4, -0.2) is 272 Å². The number of hydroxylamine groups is 6. The number of benzene rings is 6. The molecule has 6 aliphatic heterocycles. The molecule has 24 atom stereocenters. The summed E-state index contributed by atoms with van der Waals surface area (Å²) in [6.07, 6.45) is 13.7. The summed E-state index contributed by atoms with van der Waals surface area (Å²) in [7, 11) is 0. The number of hydrogen-bond acceptors (Lipinski definition) is 22. The van der Waals surface area contributed by atoms with E-state index in [9.17, 15) is 64.5 Å². The molecule has 0 radical (unpaired) electrons. The monoisotopic (exact) mass is 1970 g/mol. The normalized spacial score (nSPS) is 30.7. The van der Waals surface area contributed by atoms with E-state index >= 15 is 0 Å². The molecule has 6 heterocycles. The van der Waals surface area contributed by atoms with Crippen LogP contribution in [0.3, 0.4) is 0 Å². The number of aliphatic hydroxyl groups excluding tert-OH is 6. The summed E-state index contributed by atoms with van der Waals surface area (Å²) in [6.45, 7) is 37.8. The van der Waals surface area contributed by atoms with Gasteiger partial charge in [-0.25, -0.2) is 4.79 Å². The lowest BCUT2D eigenvalue weighted by Crippen LogP contribution is -2.62. The zero-order valence-corrected chi connectivity index (χ0v) is 86.1. The van der Waals surface area contributed by atoms with Crippen LogP contribution in [0.4, 0.5) is 0 Å². The predicted octanol–water partition coefficient (Wildman–Crippen LogP) is 13.2. The summed E-state index contributed by atoms with van der Waals surface area (Å²) in [5.74, 6) is 1.44.